The van der Waals surface area contributed by atoms with Gasteiger partial charge in [0.2, 0.25) is 15.5 Å². The van der Waals surface area contributed by atoms with Crippen LogP contribution >= 0.6 is 0 Å². The predicted octanol–water partition coefficient (Wildman–Crippen LogP) is 0.758. The number of nitrogens with zero attached hydrogens (tertiary/aromatic N) is 2. The third-order valence-corrected chi connectivity index (χ3v) is 5.37. The lowest BCUT2D eigenvalue weighted by Gasteiger charge is -2.29. The van der Waals surface area contributed by atoms with Gasteiger partial charge in [0.25, 0.3) is 0 Å². The lowest BCUT2D eigenvalue weighted by Crippen LogP contribution is -2.39. The van der Waals surface area contributed by atoms with Crippen molar-refractivity contribution >= 4 is 10.0 Å². The number of sulfonamides is 1. The van der Waals surface area contributed by atoms with E-state index in [4.69, 9.17) is 0 Å². The summed E-state index contributed by atoms with van der Waals surface area (Å²) < 4.78 is 28.1. The molecule has 110 valence electrons. The van der Waals surface area contributed by atoms with Gasteiger partial charge in [0.1, 0.15) is 0 Å². The fourth-order valence-electron chi connectivity index (χ4n) is 2.37. The van der Waals surface area contributed by atoms with Crippen LogP contribution in [0.3, 0.4) is 0 Å². The first-order valence-electron chi connectivity index (χ1n) is 6.46. The summed E-state index contributed by atoms with van der Waals surface area (Å²) in [7, 11) is -3.57. The number of hydrogen-bond donors (Lipinski definition) is 1. The van der Waals surface area contributed by atoms with E-state index >= 15 is 0 Å². The number of rotatable bonds is 2. The van der Waals surface area contributed by atoms with Crippen LogP contribution in [0.5, 0.6) is 5.75 Å². The normalized spacial score (nSPS) is 15.6. The average molecular weight is 306 g/mol. The largest absolute Gasteiger partial charge is 0.503 e. The summed E-state index contributed by atoms with van der Waals surface area (Å²) in [5, 5.41) is 9.41. The second kappa shape index (κ2) is 5.01. The first-order valence-corrected chi connectivity index (χ1v) is 7.90. The maximum absolute atomic E-state index is 12.5. The summed E-state index contributed by atoms with van der Waals surface area (Å²) in [5.41, 5.74) is 0.0729. The zero-order valence-electron chi connectivity index (χ0n) is 11.1. The number of hydrogen-bond acceptors (Lipinski definition) is 4. The Morgan fingerprint density at radius 2 is 1.81 bits per heavy atom. The molecule has 2 aromatic rings. The topological polar surface area (TPSA) is 79.6 Å². The summed E-state index contributed by atoms with van der Waals surface area (Å²) in [6.07, 6.45) is 1.35. The van der Waals surface area contributed by atoms with Crippen molar-refractivity contribution < 1.29 is 13.5 Å². The van der Waals surface area contributed by atoms with Gasteiger partial charge in [-0.15, -0.1) is 0 Å². The molecule has 2 heterocycles. The maximum Gasteiger partial charge on any atom is 0.243 e. The van der Waals surface area contributed by atoms with E-state index in [1.54, 1.807) is 34.9 Å². The molecule has 6 nitrogen and oxygen atoms in total. The van der Waals surface area contributed by atoms with Crippen LogP contribution in [-0.4, -0.2) is 28.9 Å². The van der Waals surface area contributed by atoms with E-state index in [2.05, 4.69) is 0 Å². The highest BCUT2D eigenvalue weighted by atomic mass is 32.2. The summed E-state index contributed by atoms with van der Waals surface area (Å²) in [6.45, 7) is 0.814. The summed E-state index contributed by atoms with van der Waals surface area (Å²) in [4.78, 5) is 11.7. The molecule has 1 aromatic carbocycles. The van der Waals surface area contributed by atoms with E-state index in [-0.39, 0.29) is 17.2 Å². The van der Waals surface area contributed by atoms with E-state index in [0.29, 0.717) is 18.8 Å². The molecule has 0 amide bonds. The van der Waals surface area contributed by atoms with Crippen molar-refractivity contribution in [2.45, 2.75) is 18.0 Å². The van der Waals surface area contributed by atoms with Gasteiger partial charge in [0, 0.05) is 24.8 Å². The number of aromatic nitrogens is 1. The third kappa shape index (κ3) is 2.45. The van der Waals surface area contributed by atoms with Gasteiger partial charge in [-0.2, -0.15) is 4.31 Å². The van der Waals surface area contributed by atoms with E-state index in [1.165, 1.54) is 16.6 Å². The van der Waals surface area contributed by atoms with Gasteiger partial charge in [0.15, 0.2) is 5.75 Å². The Morgan fingerprint density at radius 3 is 2.52 bits per heavy atom. The number of fused-ring (bicyclic) bond motifs is 1. The average Bonchev–Trinajstić information content (AvgIpc) is 2.49. The van der Waals surface area contributed by atoms with Crippen molar-refractivity contribution in [1.82, 2.24) is 8.87 Å². The molecule has 1 aliphatic rings. The molecule has 0 bridgehead atoms. The molecule has 0 atom stereocenters. The Hall–Kier alpha value is -2.12. The van der Waals surface area contributed by atoms with Crippen LogP contribution in [0.15, 0.2) is 52.3 Å². The van der Waals surface area contributed by atoms with Gasteiger partial charge in [-0.05, 0) is 12.1 Å². The zero-order chi connectivity index (χ0) is 15.0. The standard InChI is InChI=1S/C14H14N2O4S/c17-13-8-11-9-16(7-6-15(11)10-14(13)18)21(19,20)12-4-2-1-3-5-12/h1-5,8,10,18H,6-7,9H2. The first-order chi connectivity index (χ1) is 9.98. The van der Waals surface area contributed by atoms with Crippen molar-refractivity contribution in [3.8, 4) is 5.75 Å². The lowest BCUT2D eigenvalue weighted by atomic mass is 10.2. The Bertz CT molecular complexity index is 828. The van der Waals surface area contributed by atoms with Crippen molar-refractivity contribution in [2.75, 3.05) is 6.54 Å². The van der Waals surface area contributed by atoms with Crippen LogP contribution in [0, 0.1) is 0 Å². The zero-order valence-corrected chi connectivity index (χ0v) is 12.0. The molecule has 1 aromatic heterocycles. The van der Waals surface area contributed by atoms with Crippen molar-refractivity contribution in [2.24, 2.45) is 0 Å². The predicted molar refractivity (Wildman–Crippen MR) is 76.4 cm³/mol. The molecule has 0 fully saturated rings. The molecule has 7 heteroatoms. The van der Waals surface area contributed by atoms with Crippen LogP contribution < -0.4 is 5.43 Å². The summed E-state index contributed by atoms with van der Waals surface area (Å²) in [5.74, 6) is -0.321. The first kappa shape index (κ1) is 13.8. The van der Waals surface area contributed by atoms with Crippen LogP contribution in [-0.2, 0) is 23.1 Å². The number of pyridine rings is 1. The Morgan fingerprint density at radius 1 is 1.10 bits per heavy atom. The lowest BCUT2D eigenvalue weighted by molar-refractivity contribution is 0.334. The second-order valence-electron chi connectivity index (χ2n) is 4.86. The molecular weight excluding hydrogens is 292 g/mol. The number of benzene rings is 1. The van der Waals surface area contributed by atoms with Crippen molar-refractivity contribution in [1.29, 1.82) is 0 Å². The molecule has 21 heavy (non-hydrogen) atoms. The fraction of sp³-hybridized carbons (Fsp3) is 0.214. The minimum Gasteiger partial charge on any atom is -0.503 e. The highest BCUT2D eigenvalue weighted by Gasteiger charge is 2.28. The van der Waals surface area contributed by atoms with Gasteiger partial charge in [-0.3, -0.25) is 4.79 Å². The molecular formula is C14H14N2O4S. The minimum absolute atomic E-state index is 0.118. The molecule has 1 aliphatic heterocycles. The van der Waals surface area contributed by atoms with E-state index in [1.807, 2.05) is 0 Å². The Labute approximate surface area is 121 Å². The van der Waals surface area contributed by atoms with Gasteiger partial charge < -0.3 is 9.67 Å². The van der Waals surface area contributed by atoms with Gasteiger partial charge in [-0.1, -0.05) is 18.2 Å². The van der Waals surface area contributed by atoms with Crippen molar-refractivity contribution in [3.05, 3.63) is 58.5 Å². The Balaban J connectivity index is 1.97. The minimum atomic E-state index is -3.57. The molecule has 0 unspecified atom stereocenters. The Kier molecular flexibility index (Phi) is 3.30. The summed E-state index contributed by atoms with van der Waals surface area (Å²) >= 11 is 0. The molecule has 0 saturated carbocycles. The third-order valence-electron chi connectivity index (χ3n) is 3.51. The van der Waals surface area contributed by atoms with Gasteiger partial charge >= 0.3 is 0 Å². The van der Waals surface area contributed by atoms with E-state index in [9.17, 15) is 18.3 Å². The van der Waals surface area contributed by atoms with Gasteiger partial charge in [-0.25, -0.2) is 8.42 Å². The fourth-order valence-corrected chi connectivity index (χ4v) is 3.80. The molecule has 0 spiro atoms. The van der Waals surface area contributed by atoms with E-state index < -0.39 is 15.5 Å². The highest BCUT2D eigenvalue weighted by molar-refractivity contribution is 7.89. The second-order valence-corrected chi connectivity index (χ2v) is 6.80. The van der Waals surface area contributed by atoms with Gasteiger partial charge in [0.05, 0.1) is 17.6 Å². The van der Waals surface area contributed by atoms with Crippen LogP contribution in [0.4, 0.5) is 0 Å². The molecule has 1 N–H and O–H groups in total. The highest BCUT2D eigenvalue weighted by Crippen LogP contribution is 2.21. The SMILES string of the molecule is O=c1cc2n(cc1O)CCN(S(=O)(=O)c1ccccc1)C2. The molecule has 0 saturated heterocycles. The molecule has 0 radical (unpaired) electrons. The van der Waals surface area contributed by atoms with E-state index in [0.717, 1.165) is 0 Å². The van der Waals surface area contributed by atoms with Crippen molar-refractivity contribution in [3.63, 3.8) is 0 Å². The monoisotopic (exact) mass is 306 g/mol. The molecule has 3 rings (SSSR count). The summed E-state index contributed by atoms with van der Waals surface area (Å²) in [6, 6.07) is 9.48. The van der Waals surface area contributed by atoms with Crippen LogP contribution in [0.2, 0.25) is 0 Å². The van der Waals surface area contributed by atoms with Crippen LogP contribution in [0.1, 0.15) is 5.69 Å². The maximum atomic E-state index is 12.5. The molecule has 0 aliphatic carbocycles. The quantitative estimate of drug-likeness (QED) is 0.888. The van der Waals surface area contributed by atoms with Crippen LogP contribution in [0.25, 0.3) is 0 Å². The number of aromatic hydroxyl groups is 1. The smallest absolute Gasteiger partial charge is 0.243 e.